The van der Waals surface area contributed by atoms with Crippen molar-refractivity contribution in [2.24, 2.45) is 5.73 Å². The Balaban J connectivity index is 1.35. The van der Waals surface area contributed by atoms with Crippen LogP contribution in [-0.2, 0) is 9.59 Å². The molecule has 1 fully saturated rings. The highest BCUT2D eigenvalue weighted by atomic mass is 19.1. The molecule has 0 spiro atoms. The molecule has 1 aliphatic rings. The number of hydrogen-bond donors (Lipinski definition) is 3. The first-order valence-corrected chi connectivity index (χ1v) is 11.1. The van der Waals surface area contributed by atoms with E-state index in [1.165, 1.54) is 12.3 Å². The topological polar surface area (TPSA) is 104 Å². The van der Waals surface area contributed by atoms with Gasteiger partial charge in [-0.3, -0.25) is 9.59 Å². The van der Waals surface area contributed by atoms with Crippen LogP contribution in [0.4, 0.5) is 4.39 Å². The van der Waals surface area contributed by atoms with Gasteiger partial charge in [0.2, 0.25) is 11.8 Å². The third kappa shape index (κ3) is 5.12. The molecule has 0 bridgehead atoms. The fourth-order valence-corrected chi connectivity index (χ4v) is 4.25. The van der Waals surface area contributed by atoms with E-state index < -0.39 is 18.0 Å². The molecule has 3 aromatic rings. The van der Waals surface area contributed by atoms with Crippen LogP contribution in [0.5, 0.6) is 0 Å². The summed E-state index contributed by atoms with van der Waals surface area (Å²) in [5.74, 6) is -0.448. The molecule has 7 nitrogen and oxygen atoms in total. The van der Waals surface area contributed by atoms with Gasteiger partial charge < -0.3 is 20.9 Å². The van der Waals surface area contributed by atoms with Gasteiger partial charge in [-0.25, -0.2) is 9.37 Å². The van der Waals surface area contributed by atoms with Gasteiger partial charge in [0.05, 0.1) is 36.4 Å². The molecule has 0 aliphatic carbocycles. The van der Waals surface area contributed by atoms with E-state index in [0.29, 0.717) is 23.6 Å². The number of imidazole rings is 1. The summed E-state index contributed by atoms with van der Waals surface area (Å²) >= 11 is 0. The number of nitrogens with two attached hydrogens (primary N) is 1. The maximum atomic E-state index is 14.0. The second kappa shape index (κ2) is 9.95. The van der Waals surface area contributed by atoms with Crippen molar-refractivity contribution in [2.75, 3.05) is 6.54 Å². The summed E-state index contributed by atoms with van der Waals surface area (Å²) in [7, 11) is 0. The second-order valence-corrected chi connectivity index (χ2v) is 8.36. The van der Waals surface area contributed by atoms with Gasteiger partial charge in [-0.05, 0) is 37.5 Å². The van der Waals surface area contributed by atoms with Crippen molar-refractivity contribution in [1.82, 2.24) is 20.2 Å². The number of aromatic nitrogens is 2. The van der Waals surface area contributed by atoms with Crippen molar-refractivity contribution in [3.63, 3.8) is 0 Å². The van der Waals surface area contributed by atoms with Gasteiger partial charge in [-0.1, -0.05) is 42.5 Å². The van der Waals surface area contributed by atoms with Crippen LogP contribution in [0.3, 0.4) is 0 Å². The average Bonchev–Trinajstić information content (AvgIpc) is 3.50. The molecule has 2 heterocycles. The number of hydrogen-bond acceptors (Lipinski definition) is 4. The lowest BCUT2D eigenvalue weighted by molar-refractivity contribution is -0.135. The fraction of sp³-hybridized carbons (Fsp3) is 0.320. The van der Waals surface area contributed by atoms with Crippen molar-refractivity contribution in [2.45, 2.75) is 44.3 Å². The van der Waals surface area contributed by atoms with Gasteiger partial charge in [0.25, 0.3) is 0 Å². The summed E-state index contributed by atoms with van der Waals surface area (Å²) in [6, 6.07) is 14.9. The van der Waals surface area contributed by atoms with Crippen LogP contribution >= 0.6 is 0 Å². The number of carbonyl (C=O) groups excluding carboxylic acids is 2. The lowest BCUT2D eigenvalue weighted by Gasteiger charge is -2.26. The molecule has 1 aliphatic heterocycles. The monoisotopic (exact) mass is 449 g/mol. The van der Waals surface area contributed by atoms with E-state index in [4.69, 9.17) is 5.73 Å². The van der Waals surface area contributed by atoms with Crippen molar-refractivity contribution >= 4 is 11.8 Å². The fourth-order valence-electron chi connectivity index (χ4n) is 4.25. The highest BCUT2D eigenvalue weighted by Crippen LogP contribution is 2.32. The van der Waals surface area contributed by atoms with E-state index in [2.05, 4.69) is 15.3 Å². The summed E-state index contributed by atoms with van der Waals surface area (Å²) in [6.07, 6.45) is 3.28. The van der Waals surface area contributed by atoms with Gasteiger partial charge in [-0.2, -0.15) is 0 Å². The molecule has 4 rings (SSSR count). The number of likely N-dealkylation sites (tertiary alicyclic amines) is 1. The van der Waals surface area contributed by atoms with Crippen molar-refractivity contribution in [1.29, 1.82) is 0 Å². The number of nitrogens with one attached hydrogen (secondary N) is 2. The Morgan fingerprint density at radius 3 is 2.70 bits per heavy atom. The van der Waals surface area contributed by atoms with Crippen molar-refractivity contribution in [3.05, 3.63) is 78.0 Å². The summed E-state index contributed by atoms with van der Waals surface area (Å²) in [5.41, 5.74) is 8.09. The molecular formula is C25H28FN5O2. The maximum Gasteiger partial charge on any atom is 0.238 e. The van der Waals surface area contributed by atoms with E-state index in [1.54, 1.807) is 25.1 Å². The number of rotatable bonds is 7. The zero-order chi connectivity index (χ0) is 23.4. The van der Waals surface area contributed by atoms with Crippen LogP contribution in [0.1, 0.15) is 49.7 Å². The summed E-state index contributed by atoms with van der Waals surface area (Å²) < 4.78 is 14.0. The van der Waals surface area contributed by atoms with Gasteiger partial charge in [-0.15, -0.1) is 0 Å². The van der Waals surface area contributed by atoms with Crippen LogP contribution in [0.15, 0.2) is 60.8 Å². The molecule has 0 saturated carbocycles. The molecule has 1 aromatic heterocycles. The molecule has 172 valence electrons. The number of amides is 2. The van der Waals surface area contributed by atoms with Crippen LogP contribution in [-0.4, -0.2) is 39.3 Å². The van der Waals surface area contributed by atoms with Crippen LogP contribution in [0, 0.1) is 5.82 Å². The predicted molar refractivity (Wildman–Crippen MR) is 123 cm³/mol. The minimum absolute atomic E-state index is 0.0211. The number of aromatic amines is 1. The molecule has 0 radical (unpaired) electrons. The number of nitrogens with zero attached hydrogens (tertiary/aromatic N) is 2. The van der Waals surface area contributed by atoms with Gasteiger partial charge >= 0.3 is 0 Å². The van der Waals surface area contributed by atoms with E-state index >= 15 is 0 Å². The van der Waals surface area contributed by atoms with E-state index in [9.17, 15) is 14.0 Å². The summed E-state index contributed by atoms with van der Waals surface area (Å²) in [6.45, 7) is 2.41. The lowest BCUT2D eigenvalue weighted by Crippen LogP contribution is -2.45. The Labute approximate surface area is 192 Å². The zero-order valence-electron chi connectivity index (χ0n) is 18.5. The Hall–Kier alpha value is -3.52. The lowest BCUT2D eigenvalue weighted by atomic mass is 10.0. The molecule has 33 heavy (non-hydrogen) atoms. The molecule has 8 heteroatoms. The van der Waals surface area contributed by atoms with Crippen LogP contribution in [0.2, 0.25) is 0 Å². The molecular weight excluding hydrogens is 421 g/mol. The number of halogens is 1. The quantitative estimate of drug-likeness (QED) is 0.514. The first kappa shape index (κ1) is 22.7. The van der Waals surface area contributed by atoms with Gasteiger partial charge in [0.1, 0.15) is 11.6 Å². The van der Waals surface area contributed by atoms with Gasteiger partial charge in [0.15, 0.2) is 0 Å². The molecule has 4 N–H and O–H groups in total. The summed E-state index contributed by atoms with van der Waals surface area (Å²) in [4.78, 5) is 34.7. The Morgan fingerprint density at radius 1 is 1.21 bits per heavy atom. The number of benzene rings is 2. The third-order valence-electron chi connectivity index (χ3n) is 6.02. The highest BCUT2D eigenvalue weighted by molar-refractivity contribution is 5.88. The smallest absolute Gasteiger partial charge is 0.238 e. The van der Waals surface area contributed by atoms with Crippen LogP contribution in [0.25, 0.3) is 11.3 Å². The molecule has 2 aromatic carbocycles. The molecule has 1 saturated heterocycles. The average molecular weight is 450 g/mol. The summed E-state index contributed by atoms with van der Waals surface area (Å²) in [5, 5.41) is 2.79. The Kier molecular flexibility index (Phi) is 6.84. The predicted octanol–water partition coefficient (Wildman–Crippen LogP) is 3.47. The largest absolute Gasteiger partial charge is 0.345 e. The first-order valence-electron chi connectivity index (χ1n) is 11.1. The maximum absolute atomic E-state index is 14.0. The molecule has 2 amide bonds. The van der Waals surface area contributed by atoms with E-state index in [0.717, 1.165) is 18.4 Å². The zero-order valence-corrected chi connectivity index (χ0v) is 18.5. The van der Waals surface area contributed by atoms with E-state index in [-0.39, 0.29) is 24.2 Å². The first-order chi connectivity index (χ1) is 15.9. The molecule has 3 atom stereocenters. The van der Waals surface area contributed by atoms with E-state index in [1.807, 2.05) is 35.2 Å². The Morgan fingerprint density at radius 2 is 1.94 bits per heavy atom. The number of carbonyl (C=O) groups is 2. The normalized spacial score (nSPS) is 17.5. The van der Waals surface area contributed by atoms with Crippen molar-refractivity contribution < 1.29 is 14.0 Å². The second-order valence-electron chi connectivity index (χ2n) is 8.36. The minimum Gasteiger partial charge on any atom is -0.345 e. The SMILES string of the molecule is C[C@H](NC(=O)[C@@H](N)CC(=O)N1CCC[C@@H]1c1ccccc1)c1ncc(-c2ccccc2F)[nH]1. The minimum atomic E-state index is -0.974. The highest BCUT2D eigenvalue weighted by Gasteiger charge is 2.32. The molecule has 0 unspecified atom stereocenters. The standard InChI is InChI=1S/C25H28FN5O2/c1-16(24-28-15-21(30-24)18-10-5-6-11-19(18)26)29-25(33)20(27)14-23(32)31-13-7-12-22(31)17-8-3-2-4-9-17/h2-6,8-11,15-16,20,22H,7,12-14,27H2,1H3,(H,28,30)(H,29,33)/t16-,20-,22+/m0/s1. The van der Waals surface area contributed by atoms with Crippen molar-refractivity contribution in [3.8, 4) is 11.3 Å². The Bertz CT molecular complexity index is 1120. The van der Waals surface area contributed by atoms with Gasteiger partial charge in [0, 0.05) is 12.1 Å². The van der Waals surface area contributed by atoms with Crippen LogP contribution < -0.4 is 11.1 Å². The third-order valence-corrected chi connectivity index (χ3v) is 6.02. The number of H-pyrrole nitrogens is 1.